The van der Waals surface area contributed by atoms with E-state index in [0.29, 0.717) is 11.0 Å². The van der Waals surface area contributed by atoms with Gasteiger partial charge in [0, 0.05) is 15.6 Å². The molecule has 1 aliphatic heterocycles. The Morgan fingerprint density at radius 2 is 1.90 bits per heavy atom. The molecule has 0 saturated carbocycles. The van der Waals surface area contributed by atoms with Gasteiger partial charge in [-0.1, -0.05) is 31.6 Å². The van der Waals surface area contributed by atoms with Crippen LogP contribution in [0.2, 0.25) is 0 Å². The molecule has 116 valence electrons. The molecule has 1 heterocycles. The van der Waals surface area contributed by atoms with Crippen molar-refractivity contribution >= 4 is 11.8 Å². The number of allylic oxidation sites excluding steroid dienone is 1. The van der Waals surface area contributed by atoms with Crippen molar-refractivity contribution in [1.82, 2.24) is 0 Å². The number of thioether (sulfide) groups is 1. The maximum absolute atomic E-state index is 9.80. The number of benzene rings is 1. The molecule has 0 radical (unpaired) electrons. The summed E-state index contributed by atoms with van der Waals surface area (Å²) >= 11 is 1.85. The van der Waals surface area contributed by atoms with Gasteiger partial charge in [0.2, 0.25) is 0 Å². The second-order valence-corrected chi connectivity index (χ2v) is 7.33. The van der Waals surface area contributed by atoms with Crippen molar-refractivity contribution in [3.63, 3.8) is 0 Å². The van der Waals surface area contributed by atoms with E-state index in [0.717, 1.165) is 29.7 Å². The topological polar surface area (TPSA) is 40.5 Å². The van der Waals surface area contributed by atoms with E-state index in [2.05, 4.69) is 32.9 Å². The summed E-state index contributed by atoms with van der Waals surface area (Å²) in [5.74, 6) is 0.365. The fourth-order valence-electron chi connectivity index (χ4n) is 3.45. The number of phenolic OH excluding ortho intramolecular Hbond substituents is 1. The lowest BCUT2D eigenvalue weighted by molar-refractivity contribution is 0.338. The summed E-state index contributed by atoms with van der Waals surface area (Å²) in [5, 5.41) is 19.8. The fourth-order valence-corrected chi connectivity index (χ4v) is 5.18. The van der Waals surface area contributed by atoms with Gasteiger partial charge < -0.3 is 10.2 Å². The van der Waals surface area contributed by atoms with Crippen molar-refractivity contribution in [3.8, 4) is 5.75 Å². The number of aryl methyl sites for hydroxylation is 1. The summed E-state index contributed by atoms with van der Waals surface area (Å²) < 4.78 is 0. The first kappa shape index (κ1) is 16.4. The number of hydrogen-bond donors (Lipinski definition) is 2. The highest BCUT2D eigenvalue weighted by molar-refractivity contribution is 8.04. The van der Waals surface area contributed by atoms with Crippen LogP contribution in [0.4, 0.5) is 0 Å². The first-order valence-electron chi connectivity index (χ1n) is 7.74. The first-order valence-corrected chi connectivity index (χ1v) is 8.62. The van der Waals surface area contributed by atoms with Gasteiger partial charge in [0.05, 0.1) is 6.61 Å². The molecule has 3 heteroatoms. The molecular formula is C18H26O2S. The summed E-state index contributed by atoms with van der Waals surface area (Å²) in [6.07, 6.45) is 3.18. The Bertz CT molecular complexity index is 544. The van der Waals surface area contributed by atoms with E-state index in [1.165, 1.54) is 11.1 Å². The minimum atomic E-state index is 0.0985. The van der Waals surface area contributed by atoms with Gasteiger partial charge in [-0.3, -0.25) is 0 Å². The van der Waals surface area contributed by atoms with Crippen LogP contribution in [-0.4, -0.2) is 22.1 Å². The van der Waals surface area contributed by atoms with Gasteiger partial charge in [-0.15, -0.1) is 11.8 Å². The average Bonchev–Trinajstić information content (AvgIpc) is 2.86. The van der Waals surface area contributed by atoms with Crippen LogP contribution >= 0.6 is 11.8 Å². The van der Waals surface area contributed by atoms with E-state index >= 15 is 0 Å². The zero-order valence-corrected chi connectivity index (χ0v) is 14.3. The summed E-state index contributed by atoms with van der Waals surface area (Å²) in [6, 6.07) is 6.02. The van der Waals surface area contributed by atoms with Crippen LogP contribution < -0.4 is 0 Å². The minimum Gasteiger partial charge on any atom is -0.508 e. The van der Waals surface area contributed by atoms with Crippen molar-refractivity contribution in [2.75, 3.05) is 6.61 Å². The number of aliphatic hydroxyl groups excluding tert-OH is 1. The van der Waals surface area contributed by atoms with E-state index in [1.807, 2.05) is 24.8 Å². The van der Waals surface area contributed by atoms with Gasteiger partial charge in [0.1, 0.15) is 5.75 Å². The van der Waals surface area contributed by atoms with Crippen LogP contribution in [0.15, 0.2) is 28.7 Å². The highest BCUT2D eigenvalue weighted by atomic mass is 32.2. The zero-order chi connectivity index (χ0) is 15.6. The maximum atomic E-state index is 9.80. The normalized spacial score (nSPS) is 19.4. The lowest BCUT2D eigenvalue weighted by Crippen LogP contribution is -2.35. The van der Waals surface area contributed by atoms with Crippen LogP contribution in [0.25, 0.3) is 0 Å². The molecule has 2 N–H and O–H groups in total. The molecule has 1 atom stereocenters. The van der Waals surface area contributed by atoms with Gasteiger partial charge in [-0.05, 0) is 50.3 Å². The molecule has 21 heavy (non-hydrogen) atoms. The summed E-state index contributed by atoms with van der Waals surface area (Å²) in [5.41, 5.74) is 3.68. The molecule has 1 aromatic carbocycles. The number of aromatic hydroxyl groups is 1. The quantitative estimate of drug-likeness (QED) is 0.839. The van der Waals surface area contributed by atoms with Gasteiger partial charge in [-0.2, -0.15) is 0 Å². The summed E-state index contributed by atoms with van der Waals surface area (Å²) in [4.78, 5) is 1.14. The van der Waals surface area contributed by atoms with Crippen LogP contribution in [0.1, 0.15) is 51.2 Å². The Kier molecular flexibility index (Phi) is 5.05. The van der Waals surface area contributed by atoms with Crippen molar-refractivity contribution in [1.29, 1.82) is 0 Å². The summed E-state index contributed by atoms with van der Waals surface area (Å²) in [6.45, 7) is 8.75. The Morgan fingerprint density at radius 1 is 1.24 bits per heavy atom. The molecule has 0 amide bonds. The van der Waals surface area contributed by atoms with Gasteiger partial charge >= 0.3 is 0 Å². The Morgan fingerprint density at radius 3 is 2.38 bits per heavy atom. The predicted octanol–water partition coefficient (Wildman–Crippen LogP) is 4.53. The van der Waals surface area contributed by atoms with Gasteiger partial charge in [0.25, 0.3) is 0 Å². The number of hydrogen-bond acceptors (Lipinski definition) is 3. The Hall–Kier alpha value is -0.930. The van der Waals surface area contributed by atoms with Gasteiger partial charge in [-0.25, -0.2) is 0 Å². The van der Waals surface area contributed by atoms with E-state index < -0.39 is 0 Å². The lowest BCUT2D eigenvalue weighted by atomic mass is 9.71. The third kappa shape index (κ3) is 2.86. The van der Waals surface area contributed by atoms with Crippen molar-refractivity contribution in [2.45, 2.75) is 57.6 Å². The average molecular weight is 306 g/mol. The second-order valence-electron chi connectivity index (χ2n) is 6.04. The first-order chi connectivity index (χ1) is 9.98. The van der Waals surface area contributed by atoms with E-state index in [1.54, 1.807) is 0 Å². The molecular weight excluding hydrogens is 280 g/mol. The molecule has 2 rings (SSSR count). The van der Waals surface area contributed by atoms with Crippen molar-refractivity contribution in [3.05, 3.63) is 39.8 Å². The molecule has 0 aliphatic carbocycles. The zero-order valence-electron chi connectivity index (χ0n) is 13.4. The Labute approximate surface area is 132 Å². The molecule has 0 saturated heterocycles. The van der Waals surface area contributed by atoms with E-state index in [4.69, 9.17) is 0 Å². The van der Waals surface area contributed by atoms with Crippen LogP contribution in [-0.2, 0) is 5.41 Å². The Balaban J connectivity index is 2.40. The van der Waals surface area contributed by atoms with Crippen molar-refractivity contribution < 1.29 is 10.2 Å². The molecule has 0 aromatic heterocycles. The van der Waals surface area contributed by atoms with Crippen molar-refractivity contribution in [2.24, 2.45) is 0 Å². The molecule has 0 fully saturated rings. The van der Waals surface area contributed by atoms with E-state index in [-0.39, 0.29) is 12.0 Å². The van der Waals surface area contributed by atoms with Crippen LogP contribution in [0.3, 0.4) is 0 Å². The SMILES string of the molecule is CCC(CC)(c1ccc(O)c(C)c1)C1CC(C)=C(CO)S1. The number of phenols is 1. The minimum absolute atomic E-state index is 0.0985. The van der Waals surface area contributed by atoms with Gasteiger partial charge in [0.15, 0.2) is 0 Å². The molecule has 0 bridgehead atoms. The summed E-state index contributed by atoms with van der Waals surface area (Å²) in [7, 11) is 0. The molecule has 1 unspecified atom stereocenters. The fraction of sp³-hybridized carbons (Fsp3) is 0.556. The molecule has 1 aromatic rings. The standard InChI is InChI=1S/C18H26O2S/c1-5-18(6-2,14-7-8-15(20)12(3)9-14)17-10-13(4)16(11-19)21-17/h7-9,17,19-20H,5-6,10-11H2,1-4H3. The van der Waals surface area contributed by atoms with Crippen LogP contribution in [0, 0.1) is 6.92 Å². The third-order valence-electron chi connectivity index (χ3n) is 5.05. The smallest absolute Gasteiger partial charge is 0.118 e. The molecule has 0 spiro atoms. The predicted molar refractivity (Wildman–Crippen MR) is 90.9 cm³/mol. The van der Waals surface area contributed by atoms with Crippen LogP contribution in [0.5, 0.6) is 5.75 Å². The third-order valence-corrected chi connectivity index (χ3v) is 6.71. The number of rotatable bonds is 5. The maximum Gasteiger partial charge on any atom is 0.118 e. The lowest BCUT2D eigenvalue weighted by Gasteiger charge is -2.38. The highest BCUT2D eigenvalue weighted by Gasteiger charge is 2.41. The monoisotopic (exact) mass is 306 g/mol. The second kappa shape index (κ2) is 6.45. The largest absolute Gasteiger partial charge is 0.508 e. The van der Waals surface area contributed by atoms with E-state index in [9.17, 15) is 10.2 Å². The highest BCUT2D eigenvalue weighted by Crippen LogP contribution is 2.50. The molecule has 1 aliphatic rings. The molecule has 2 nitrogen and oxygen atoms in total. The number of aliphatic hydroxyl groups is 1.